The summed E-state index contributed by atoms with van der Waals surface area (Å²) in [4.78, 5) is 36.2. The molecule has 0 fully saturated rings. The van der Waals surface area contributed by atoms with Crippen LogP contribution in [0.1, 0.15) is 35.7 Å². The zero-order chi connectivity index (χ0) is 31.1. The van der Waals surface area contributed by atoms with E-state index < -0.39 is 0 Å². The maximum atomic E-state index is 13.2. The van der Waals surface area contributed by atoms with Gasteiger partial charge in [-0.3, -0.25) is 14.0 Å². The van der Waals surface area contributed by atoms with Gasteiger partial charge in [-0.15, -0.1) is 0 Å². The summed E-state index contributed by atoms with van der Waals surface area (Å²) in [7, 11) is 4.85. The van der Waals surface area contributed by atoms with Crippen molar-refractivity contribution in [2.75, 3.05) is 41.0 Å². The zero-order valence-corrected chi connectivity index (χ0v) is 26.2. The molecule has 0 aliphatic heterocycles. The van der Waals surface area contributed by atoms with Gasteiger partial charge in [-0.25, -0.2) is 9.97 Å². The number of carbonyl (C=O) groups is 2. The highest BCUT2D eigenvalue weighted by molar-refractivity contribution is 8.00. The van der Waals surface area contributed by atoms with Gasteiger partial charge in [0.1, 0.15) is 5.65 Å². The molecule has 11 heteroatoms. The maximum absolute atomic E-state index is 13.2. The minimum absolute atomic E-state index is 0.0457. The molecule has 0 saturated heterocycles. The number of carbonyl (C=O) groups excluding carboxylic acids is 2. The van der Waals surface area contributed by atoms with Crippen molar-refractivity contribution in [3.05, 3.63) is 71.8 Å². The van der Waals surface area contributed by atoms with E-state index in [1.54, 1.807) is 33.5 Å². The smallest absolute Gasteiger partial charge is 0.251 e. The van der Waals surface area contributed by atoms with Gasteiger partial charge >= 0.3 is 0 Å². The number of rotatable bonds is 14. The molecule has 44 heavy (non-hydrogen) atoms. The molecule has 3 aromatic carbocycles. The number of thioether (sulfide) groups is 1. The Labute approximate surface area is 260 Å². The number of para-hydroxylation sites is 2. The van der Waals surface area contributed by atoms with E-state index in [0.717, 1.165) is 34.1 Å². The average Bonchev–Trinajstić information content (AvgIpc) is 3.45. The highest BCUT2D eigenvalue weighted by Gasteiger charge is 2.23. The van der Waals surface area contributed by atoms with Gasteiger partial charge in [-0.05, 0) is 67.3 Å². The lowest BCUT2D eigenvalue weighted by Crippen LogP contribution is -2.33. The first-order valence-electron chi connectivity index (χ1n) is 14.6. The van der Waals surface area contributed by atoms with Crippen molar-refractivity contribution >= 4 is 51.2 Å². The number of methoxy groups -OCH3 is 3. The van der Waals surface area contributed by atoms with Crippen LogP contribution in [0.4, 0.5) is 0 Å². The molecule has 1 atom stereocenters. The minimum atomic E-state index is -0.352. The second-order valence-corrected chi connectivity index (χ2v) is 11.4. The molecule has 2 aromatic heterocycles. The van der Waals surface area contributed by atoms with Crippen LogP contribution in [0.2, 0.25) is 0 Å². The molecular formula is C33H37N5O5S. The third-order valence-electron chi connectivity index (χ3n) is 7.35. The summed E-state index contributed by atoms with van der Waals surface area (Å²) >= 11 is 1.40. The Morgan fingerprint density at radius 1 is 0.909 bits per heavy atom. The van der Waals surface area contributed by atoms with E-state index in [-0.39, 0.29) is 17.1 Å². The van der Waals surface area contributed by atoms with Crippen LogP contribution in [0, 0.1) is 0 Å². The van der Waals surface area contributed by atoms with Crippen LogP contribution in [0.3, 0.4) is 0 Å². The molecule has 5 aromatic rings. The van der Waals surface area contributed by atoms with Crippen LogP contribution in [0.5, 0.6) is 11.5 Å². The second kappa shape index (κ2) is 14.4. The number of amides is 2. The zero-order valence-electron chi connectivity index (χ0n) is 25.4. The van der Waals surface area contributed by atoms with E-state index in [1.165, 1.54) is 11.8 Å². The Hall–Kier alpha value is -4.35. The highest BCUT2D eigenvalue weighted by atomic mass is 32.2. The largest absolute Gasteiger partial charge is 0.493 e. The molecule has 0 unspecified atom stereocenters. The molecule has 10 nitrogen and oxygen atoms in total. The lowest BCUT2D eigenvalue weighted by atomic mass is 10.1. The fourth-order valence-electron chi connectivity index (χ4n) is 5.04. The van der Waals surface area contributed by atoms with Crippen molar-refractivity contribution in [2.24, 2.45) is 0 Å². The summed E-state index contributed by atoms with van der Waals surface area (Å²) in [5.74, 6) is 1.07. The van der Waals surface area contributed by atoms with E-state index >= 15 is 0 Å². The SMILES string of the molecule is CC[C@@H](Sc1nc2cc(C(=O)NCCc3ccc(OC)c(OC)c3)ccc2c2nc3ccccc3n12)C(=O)NCCCOC. The Bertz CT molecular complexity index is 1790. The molecule has 2 amide bonds. The van der Waals surface area contributed by atoms with Gasteiger partial charge < -0.3 is 24.8 Å². The Kier molecular flexibility index (Phi) is 10.2. The first-order chi connectivity index (χ1) is 21.5. The van der Waals surface area contributed by atoms with Crippen molar-refractivity contribution in [2.45, 2.75) is 36.6 Å². The lowest BCUT2D eigenvalue weighted by Gasteiger charge is -2.16. The molecular weight excluding hydrogens is 578 g/mol. The Morgan fingerprint density at radius 2 is 1.73 bits per heavy atom. The van der Waals surface area contributed by atoms with Gasteiger partial charge in [0.05, 0.1) is 36.0 Å². The molecule has 0 spiro atoms. The van der Waals surface area contributed by atoms with Crippen LogP contribution < -0.4 is 20.1 Å². The molecule has 2 N–H and O–H groups in total. The van der Waals surface area contributed by atoms with Crippen molar-refractivity contribution < 1.29 is 23.8 Å². The van der Waals surface area contributed by atoms with Crippen molar-refractivity contribution in [3.63, 3.8) is 0 Å². The number of imidazole rings is 1. The average molecular weight is 616 g/mol. The molecule has 230 valence electrons. The first kappa shape index (κ1) is 31.1. The first-order valence-corrected chi connectivity index (χ1v) is 15.5. The summed E-state index contributed by atoms with van der Waals surface area (Å²) in [6, 6.07) is 19.1. The Balaban J connectivity index is 1.41. The predicted octanol–water partition coefficient (Wildman–Crippen LogP) is 5.05. The number of ether oxygens (including phenoxy) is 3. The van der Waals surface area contributed by atoms with Crippen LogP contribution >= 0.6 is 11.8 Å². The topological polar surface area (TPSA) is 116 Å². The monoisotopic (exact) mass is 615 g/mol. The van der Waals surface area contributed by atoms with Crippen molar-refractivity contribution in [1.29, 1.82) is 0 Å². The number of nitrogens with one attached hydrogen (secondary N) is 2. The minimum Gasteiger partial charge on any atom is -0.493 e. The quantitative estimate of drug-likeness (QED) is 0.101. The number of benzene rings is 3. The van der Waals surface area contributed by atoms with Gasteiger partial charge in [0.15, 0.2) is 16.7 Å². The molecule has 0 saturated carbocycles. The van der Waals surface area contributed by atoms with Crippen LogP contribution in [-0.2, 0) is 16.0 Å². The maximum Gasteiger partial charge on any atom is 0.251 e. The van der Waals surface area contributed by atoms with Crippen molar-refractivity contribution in [1.82, 2.24) is 25.0 Å². The van der Waals surface area contributed by atoms with Crippen LogP contribution in [0.25, 0.3) is 27.6 Å². The van der Waals surface area contributed by atoms with Gasteiger partial charge in [0.25, 0.3) is 5.91 Å². The van der Waals surface area contributed by atoms with E-state index in [4.69, 9.17) is 24.2 Å². The van der Waals surface area contributed by atoms with Crippen LogP contribution in [-0.4, -0.2) is 72.5 Å². The van der Waals surface area contributed by atoms with Crippen molar-refractivity contribution in [3.8, 4) is 11.5 Å². The summed E-state index contributed by atoms with van der Waals surface area (Å²) in [5.41, 5.74) is 4.63. The summed E-state index contributed by atoms with van der Waals surface area (Å²) in [6.07, 6.45) is 2.00. The fourth-order valence-corrected chi connectivity index (χ4v) is 6.09. The fraction of sp³-hybridized carbons (Fsp3) is 0.333. The Morgan fingerprint density at radius 3 is 2.50 bits per heavy atom. The van der Waals surface area contributed by atoms with Gasteiger partial charge in [0, 0.05) is 37.8 Å². The molecule has 0 bridgehead atoms. The van der Waals surface area contributed by atoms with Gasteiger partial charge in [-0.2, -0.15) is 0 Å². The third-order valence-corrected chi connectivity index (χ3v) is 8.67. The normalized spacial score (nSPS) is 12.0. The number of hydrogen-bond acceptors (Lipinski definition) is 8. The number of nitrogens with zero attached hydrogens (tertiary/aromatic N) is 3. The number of hydrogen-bond donors (Lipinski definition) is 2. The summed E-state index contributed by atoms with van der Waals surface area (Å²) < 4.78 is 17.8. The third kappa shape index (κ3) is 6.74. The molecule has 0 aliphatic carbocycles. The van der Waals surface area contributed by atoms with Gasteiger partial charge in [-0.1, -0.05) is 36.9 Å². The van der Waals surface area contributed by atoms with E-state index in [2.05, 4.69) is 10.6 Å². The molecule has 0 radical (unpaired) electrons. The van der Waals surface area contributed by atoms with Crippen LogP contribution in [0.15, 0.2) is 65.8 Å². The summed E-state index contributed by atoms with van der Waals surface area (Å²) in [5, 5.41) is 7.14. The van der Waals surface area contributed by atoms with E-state index in [0.29, 0.717) is 60.3 Å². The predicted molar refractivity (Wildman–Crippen MR) is 173 cm³/mol. The second-order valence-electron chi connectivity index (χ2n) is 10.2. The number of fused-ring (bicyclic) bond motifs is 5. The molecule has 2 heterocycles. The standard InChI is InChI=1S/C33H37N5O5S/c1-5-29(32(40)34-16-8-18-41-2)44-33-37-25-20-22(12-13-23(25)30-36-24-9-6-7-10-26(24)38(30)33)31(39)35-17-15-21-11-14-27(42-3)28(19-21)43-4/h6-7,9-14,19-20,29H,5,8,15-18H2,1-4H3,(H,34,40)(H,35,39)/t29-/m1/s1. The van der Waals surface area contributed by atoms with E-state index in [1.807, 2.05) is 59.9 Å². The highest BCUT2D eigenvalue weighted by Crippen LogP contribution is 2.32. The number of aromatic nitrogens is 3. The molecule has 5 rings (SSSR count). The summed E-state index contributed by atoms with van der Waals surface area (Å²) in [6.45, 7) is 3.57. The molecule has 0 aliphatic rings. The van der Waals surface area contributed by atoms with E-state index in [9.17, 15) is 9.59 Å². The van der Waals surface area contributed by atoms with Gasteiger partial charge in [0.2, 0.25) is 5.91 Å². The lowest BCUT2D eigenvalue weighted by molar-refractivity contribution is -0.120.